The average Bonchev–Trinajstić information content (AvgIpc) is 2.85. The highest BCUT2D eigenvalue weighted by Crippen LogP contribution is 2.40. The molecule has 0 radical (unpaired) electrons. The van der Waals surface area contributed by atoms with Gasteiger partial charge in [0.2, 0.25) is 5.95 Å². The zero-order chi connectivity index (χ0) is 19.2. The van der Waals surface area contributed by atoms with Crippen LogP contribution in [0.5, 0.6) is 0 Å². The number of hydrogen-bond acceptors (Lipinski definition) is 6. The van der Waals surface area contributed by atoms with Gasteiger partial charge in [0.1, 0.15) is 4.83 Å². The first kappa shape index (κ1) is 18.9. The third-order valence-corrected chi connectivity index (χ3v) is 5.53. The van der Waals surface area contributed by atoms with Gasteiger partial charge in [0.15, 0.2) is 5.78 Å². The number of anilines is 2. The third kappa shape index (κ3) is 3.63. The van der Waals surface area contributed by atoms with Gasteiger partial charge in [0.25, 0.3) is 0 Å². The molecule has 1 aromatic carbocycles. The van der Waals surface area contributed by atoms with Crippen molar-refractivity contribution in [1.82, 2.24) is 9.97 Å². The predicted molar refractivity (Wildman–Crippen MR) is 111 cm³/mol. The lowest BCUT2D eigenvalue weighted by Gasteiger charge is -2.21. The average molecular weight is 409 g/mol. The standard InChI is InChI=1S/C18H18Cl2N4OS/c1-8(25)15-13(21)12-14(9-5-6-10(19)11(20)7-9)22-17(23-16(12)26-15)24-18(2,3)4/h5-7H,21H2,1-4H3,(H,22,23,24). The van der Waals surface area contributed by atoms with E-state index in [2.05, 4.69) is 15.3 Å². The molecule has 136 valence electrons. The van der Waals surface area contributed by atoms with Crippen LogP contribution in [0, 0.1) is 0 Å². The fourth-order valence-corrected chi connectivity index (χ4v) is 3.82. The number of nitrogen functional groups attached to an aromatic ring is 1. The fraction of sp³-hybridized carbons (Fsp3) is 0.278. The summed E-state index contributed by atoms with van der Waals surface area (Å²) in [5.41, 5.74) is 7.78. The van der Waals surface area contributed by atoms with Gasteiger partial charge >= 0.3 is 0 Å². The second kappa shape index (κ2) is 6.68. The van der Waals surface area contributed by atoms with E-state index in [0.717, 1.165) is 5.56 Å². The summed E-state index contributed by atoms with van der Waals surface area (Å²) >= 11 is 13.5. The van der Waals surface area contributed by atoms with Gasteiger partial charge in [-0.3, -0.25) is 4.79 Å². The summed E-state index contributed by atoms with van der Waals surface area (Å²) in [6.07, 6.45) is 0. The lowest BCUT2D eigenvalue weighted by molar-refractivity contribution is 0.102. The van der Waals surface area contributed by atoms with E-state index < -0.39 is 0 Å². The Morgan fingerprint density at radius 1 is 1.19 bits per heavy atom. The highest BCUT2D eigenvalue weighted by atomic mass is 35.5. The van der Waals surface area contributed by atoms with Crippen molar-refractivity contribution in [1.29, 1.82) is 0 Å². The molecule has 2 aromatic heterocycles. The molecule has 0 amide bonds. The first-order valence-electron chi connectivity index (χ1n) is 7.91. The van der Waals surface area contributed by atoms with Crippen LogP contribution in [0.4, 0.5) is 11.6 Å². The molecule has 0 saturated carbocycles. The zero-order valence-corrected chi connectivity index (χ0v) is 17.1. The van der Waals surface area contributed by atoms with E-state index in [0.29, 0.717) is 42.5 Å². The number of nitrogens with one attached hydrogen (secondary N) is 1. The van der Waals surface area contributed by atoms with Crippen LogP contribution in [0.25, 0.3) is 21.5 Å². The number of nitrogens with zero attached hydrogens (tertiary/aromatic N) is 2. The molecule has 26 heavy (non-hydrogen) atoms. The molecule has 0 bridgehead atoms. The maximum absolute atomic E-state index is 11.9. The zero-order valence-electron chi connectivity index (χ0n) is 14.8. The van der Waals surface area contributed by atoms with Crippen LogP contribution >= 0.6 is 34.5 Å². The quantitative estimate of drug-likeness (QED) is 0.546. The number of benzene rings is 1. The molecule has 0 aliphatic carbocycles. The van der Waals surface area contributed by atoms with Crippen molar-refractivity contribution in [3.63, 3.8) is 0 Å². The Morgan fingerprint density at radius 3 is 2.46 bits per heavy atom. The largest absolute Gasteiger partial charge is 0.397 e. The summed E-state index contributed by atoms with van der Waals surface area (Å²) in [6, 6.07) is 5.26. The second-order valence-corrected chi connectivity index (χ2v) is 8.79. The number of fused-ring (bicyclic) bond motifs is 1. The summed E-state index contributed by atoms with van der Waals surface area (Å²) in [5, 5.41) is 4.79. The molecule has 0 unspecified atom stereocenters. The van der Waals surface area contributed by atoms with Crippen molar-refractivity contribution in [2.24, 2.45) is 0 Å². The number of ketones is 1. The number of halogens is 2. The van der Waals surface area contributed by atoms with Gasteiger partial charge in [-0.1, -0.05) is 29.3 Å². The van der Waals surface area contributed by atoms with Gasteiger partial charge in [0, 0.05) is 18.0 Å². The summed E-state index contributed by atoms with van der Waals surface area (Å²) < 4.78 is 0. The first-order chi connectivity index (χ1) is 12.1. The Bertz CT molecular complexity index is 1020. The van der Waals surface area contributed by atoms with Crippen LogP contribution < -0.4 is 11.1 Å². The fourth-order valence-electron chi connectivity index (χ4n) is 2.53. The van der Waals surface area contributed by atoms with E-state index in [4.69, 9.17) is 28.9 Å². The number of Topliss-reactive ketones (excluding diaryl/α,β-unsaturated/α-hetero) is 1. The lowest BCUT2D eigenvalue weighted by atomic mass is 10.1. The molecular weight excluding hydrogens is 391 g/mol. The Morgan fingerprint density at radius 2 is 1.88 bits per heavy atom. The number of hydrogen-bond donors (Lipinski definition) is 2. The molecule has 0 atom stereocenters. The molecule has 5 nitrogen and oxygen atoms in total. The van der Waals surface area contributed by atoms with Crippen molar-refractivity contribution in [2.45, 2.75) is 33.2 Å². The minimum atomic E-state index is -0.227. The Hall–Kier alpha value is -1.89. The number of aromatic nitrogens is 2. The van der Waals surface area contributed by atoms with Crippen LogP contribution in [0.3, 0.4) is 0 Å². The molecule has 0 spiro atoms. The normalized spacial score (nSPS) is 11.8. The molecule has 8 heteroatoms. The van der Waals surface area contributed by atoms with Gasteiger partial charge in [-0.25, -0.2) is 9.97 Å². The summed E-state index contributed by atoms with van der Waals surface area (Å²) in [4.78, 5) is 22.3. The maximum atomic E-state index is 11.9. The maximum Gasteiger partial charge on any atom is 0.225 e. The van der Waals surface area contributed by atoms with E-state index >= 15 is 0 Å². The number of carbonyl (C=O) groups excluding carboxylic acids is 1. The van der Waals surface area contributed by atoms with Gasteiger partial charge < -0.3 is 11.1 Å². The minimum absolute atomic E-state index is 0.101. The van der Waals surface area contributed by atoms with Crippen LogP contribution in [0.15, 0.2) is 18.2 Å². The first-order valence-corrected chi connectivity index (χ1v) is 9.48. The highest BCUT2D eigenvalue weighted by Gasteiger charge is 2.22. The van der Waals surface area contributed by atoms with Crippen LogP contribution in [-0.2, 0) is 0 Å². The van der Waals surface area contributed by atoms with E-state index in [1.165, 1.54) is 18.3 Å². The van der Waals surface area contributed by atoms with E-state index in [9.17, 15) is 4.79 Å². The molecule has 3 rings (SSSR count). The van der Waals surface area contributed by atoms with Crippen LogP contribution in [0.2, 0.25) is 10.0 Å². The summed E-state index contributed by atoms with van der Waals surface area (Å²) in [5.74, 6) is 0.360. The number of thiophene rings is 1. The number of rotatable bonds is 3. The lowest BCUT2D eigenvalue weighted by Crippen LogP contribution is -2.27. The van der Waals surface area contributed by atoms with Crippen molar-refractivity contribution < 1.29 is 4.79 Å². The van der Waals surface area contributed by atoms with E-state index in [1.54, 1.807) is 12.1 Å². The predicted octanol–water partition coefficient (Wildman–Crippen LogP) is 5.66. The SMILES string of the molecule is CC(=O)c1sc2nc(NC(C)(C)C)nc(-c3ccc(Cl)c(Cl)c3)c2c1N. The number of nitrogens with two attached hydrogens (primary N) is 1. The van der Waals surface area contributed by atoms with Gasteiger partial charge in [0.05, 0.1) is 31.7 Å². The van der Waals surface area contributed by atoms with Crippen LogP contribution in [-0.4, -0.2) is 21.3 Å². The Labute approximate surface area is 165 Å². The Balaban J connectivity index is 2.32. The molecule has 0 saturated heterocycles. The molecule has 3 N–H and O–H groups in total. The second-order valence-electron chi connectivity index (χ2n) is 6.98. The molecule has 0 aliphatic heterocycles. The monoisotopic (exact) mass is 408 g/mol. The molecular formula is C18H18Cl2N4OS. The topological polar surface area (TPSA) is 80.9 Å². The van der Waals surface area contributed by atoms with Gasteiger partial charge in [-0.05, 0) is 32.9 Å². The molecule has 0 aliphatic rings. The van der Waals surface area contributed by atoms with E-state index in [-0.39, 0.29) is 11.3 Å². The highest BCUT2D eigenvalue weighted by molar-refractivity contribution is 7.21. The van der Waals surface area contributed by atoms with Gasteiger partial charge in [-0.15, -0.1) is 11.3 Å². The van der Waals surface area contributed by atoms with Crippen molar-refractivity contribution in [3.05, 3.63) is 33.1 Å². The van der Waals surface area contributed by atoms with E-state index in [1.807, 2.05) is 26.8 Å². The van der Waals surface area contributed by atoms with Gasteiger partial charge in [-0.2, -0.15) is 0 Å². The molecule has 0 fully saturated rings. The summed E-state index contributed by atoms with van der Waals surface area (Å²) in [7, 11) is 0. The van der Waals surface area contributed by atoms with Crippen molar-refractivity contribution in [3.8, 4) is 11.3 Å². The Kier molecular flexibility index (Phi) is 4.86. The van der Waals surface area contributed by atoms with Crippen molar-refractivity contribution >= 4 is 62.2 Å². The summed E-state index contributed by atoms with van der Waals surface area (Å²) in [6.45, 7) is 7.54. The smallest absolute Gasteiger partial charge is 0.225 e. The van der Waals surface area contributed by atoms with Crippen molar-refractivity contribution in [2.75, 3.05) is 11.1 Å². The molecule has 3 aromatic rings. The van der Waals surface area contributed by atoms with Crippen LogP contribution in [0.1, 0.15) is 37.4 Å². The third-order valence-electron chi connectivity index (χ3n) is 3.59. The minimum Gasteiger partial charge on any atom is -0.397 e. The molecule has 2 heterocycles. The number of carbonyl (C=O) groups is 1.